The molecule has 4 nitrogen and oxygen atoms in total. The fourth-order valence-corrected chi connectivity index (χ4v) is 4.40. The van der Waals surface area contributed by atoms with Gasteiger partial charge in [0, 0.05) is 45.6 Å². The first kappa shape index (κ1) is 20.3. The zero-order valence-corrected chi connectivity index (χ0v) is 17.6. The van der Waals surface area contributed by atoms with E-state index in [9.17, 15) is 9.90 Å². The molecule has 0 aliphatic heterocycles. The number of fused-ring (bicyclic) bond motifs is 1. The van der Waals surface area contributed by atoms with Crippen LogP contribution in [0.5, 0.6) is 5.75 Å². The Balaban J connectivity index is 1.54. The number of aromatic hydroxyl groups is 1. The van der Waals surface area contributed by atoms with Gasteiger partial charge in [0.1, 0.15) is 12.0 Å². The number of rotatable bonds is 7. The van der Waals surface area contributed by atoms with Crippen molar-refractivity contribution in [3.8, 4) is 5.75 Å². The maximum Gasteiger partial charge on any atom is 0.137 e. The maximum absolute atomic E-state index is 10.8. The number of carbonyl (C=O) groups is 1. The largest absolute Gasteiger partial charge is 0.506 e. The number of pyridine rings is 1. The first-order chi connectivity index (χ1) is 14.6. The molecule has 6 heteroatoms. The molecule has 0 atom stereocenters. The third-order valence-corrected chi connectivity index (χ3v) is 6.10. The number of halogens is 1. The zero-order valence-electron chi connectivity index (χ0n) is 16.0. The van der Waals surface area contributed by atoms with Crippen LogP contribution in [-0.4, -0.2) is 16.4 Å². The summed E-state index contributed by atoms with van der Waals surface area (Å²) in [6, 6.07) is 21.9. The highest BCUT2D eigenvalue weighted by atomic mass is 35.5. The molecule has 0 aliphatic rings. The van der Waals surface area contributed by atoms with E-state index >= 15 is 0 Å². The van der Waals surface area contributed by atoms with E-state index in [-0.39, 0.29) is 17.2 Å². The fourth-order valence-electron chi connectivity index (χ4n) is 3.19. The number of phenols is 1. The molecule has 3 aromatic carbocycles. The highest BCUT2D eigenvalue weighted by Crippen LogP contribution is 2.34. The second-order valence-electron chi connectivity index (χ2n) is 6.76. The zero-order chi connectivity index (χ0) is 20.9. The van der Waals surface area contributed by atoms with E-state index in [4.69, 9.17) is 11.6 Å². The molecule has 4 rings (SSSR count). The topological polar surface area (TPSA) is 62.2 Å². The van der Waals surface area contributed by atoms with Crippen LogP contribution in [0.25, 0.3) is 10.9 Å². The number of nitrogens with one attached hydrogen (secondary N) is 1. The second kappa shape index (κ2) is 9.20. The summed E-state index contributed by atoms with van der Waals surface area (Å²) in [5.74, 6) is -0.0461. The summed E-state index contributed by atoms with van der Waals surface area (Å²) >= 11 is 7.80. The van der Waals surface area contributed by atoms with E-state index in [2.05, 4.69) is 46.7 Å². The monoisotopic (exact) mass is 434 g/mol. The molecule has 0 fully saturated rings. The lowest BCUT2D eigenvalue weighted by Gasteiger charge is -2.13. The lowest BCUT2D eigenvalue weighted by molar-refractivity contribution is -0.107. The van der Waals surface area contributed by atoms with Crippen molar-refractivity contribution in [3.63, 3.8) is 0 Å². The van der Waals surface area contributed by atoms with Gasteiger partial charge in [0.15, 0.2) is 0 Å². The number of aromatic nitrogens is 1. The number of carbonyl (C=O) groups excluding carboxylic acids is 1. The van der Waals surface area contributed by atoms with Crippen LogP contribution in [0.3, 0.4) is 0 Å². The standard InChI is InChI=1S/C24H19ClN2O2S/c25-21-13-19(12-17(9-11-28)24(21)29)27-15-18-4-1-2-6-23(18)30-20-8-7-16-5-3-10-26-22(16)14-20/h1-8,10-14,27,29H,9,15H2. The van der Waals surface area contributed by atoms with Gasteiger partial charge in [-0.25, -0.2) is 0 Å². The average Bonchev–Trinajstić information content (AvgIpc) is 2.76. The van der Waals surface area contributed by atoms with Crippen LogP contribution in [0.15, 0.2) is 82.7 Å². The molecule has 0 saturated heterocycles. The van der Waals surface area contributed by atoms with Gasteiger partial charge in [0.25, 0.3) is 0 Å². The van der Waals surface area contributed by atoms with Crippen molar-refractivity contribution in [2.75, 3.05) is 5.32 Å². The van der Waals surface area contributed by atoms with Gasteiger partial charge in [-0.1, -0.05) is 53.7 Å². The van der Waals surface area contributed by atoms with Gasteiger partial charge >= 0.3 is 0 Å². The van der Waals surface area contributed by atoms with Crippen molar-refractivity contribution in [3.05, 3.63) is 89.1 Å². The van der Waals surface area contributed by atoms with Crippen LogP contribution < -0.4 is 5.32 Å². The van der Waals surface area contributed by atoms with Crippen molar-refractivity contribution in [1.29, 1.82) is 0 Å². The SMILES string of the molecule is O=CCc1cc(NCc2ccccc2Sc2ccc3cccnc3c2)cc(Cl)c1O. The Morgan fingerprint density at radius 1 is 1.03 bits per heavy atom. The quantitative estimate of drug-likeness (QED) is 0.272. The molecule has 0 spiro atoms. The molecule has 0 aliphatic carbocycles. The molecule has 0 unspecified atom stereocenters. The van der Waals surface area contributed by atoms with E-state index in [1.807, 2.05) is 18.2 Å². The van der Waals surface area contributed by atoms with Crippen molar-refractivity contribution in [2.24, 2.45) is 0 Å². The molecule has 30 heavy (non-hydrogen) atoms. The Labute approximate surface area is 183 Å². The maximum atomic E-state index is 10.8. The van der Waals surface area contributed by atoms with E-state index in [0.29, 0.717) is 12.1 Å². The summed E-state index contributed by atoms with van der Waals surface area (Å²) in [5.41, 5.74) is 3.36. The van der Waals surface area contributed by atoms with E-state index in [0.717, 1.165) is 38.2 Å². The van der Waals surface area contributed by atoms with Crippen LogP contribution in [0.1, 0.15) is 11.1 Å². The predicted molar refractivity (Wildman–Crippen MR) is 123 cm³/mol. The summed E-state index contributed by atoms with van der Waals surface area (Å²) in [4.78, 5) is 17.5. The third kappa shape index (κ3) is 4.58. The minimum absolute atomic E-state index is 0.0461. The third-order valence-electron chi connectivity index (χ3n) is 4.71. The number of anilines is 1. The molecule has 4 aromatic rings. The lowest BCUT2D eigenvalue weighted by atomic mass is 10.1. The molecule has 0 radical (unpaired) electrons. The average molecular weight is 435 g/mol. The molecule has 1 heterocycles. The predicted octanol–water partition coefficient (Wildman–Crippen LogP) is 6.10. The Bertz CT molecular complexity index is 1210. The number of aldehydes is 1. The van der Waals surface area contributed by atoms with Crippen LogP contribution in [0, 0.1) is 0 Å². The van der Waals surface area contributed by atoms with Gasteiger partial charge in [-0.2, -0.15) is 0 Å². The fraction of sp³-hybridized carbons (Fsp3) is 0.0833. The minimum atomic E-state index is -0.0461. The Morgan fingerprint density at radius 2 is 1.90 bits per heavy atom. The first-order valence-corrected chi connectivity index (χ1v) is 10.6. The van der Waals surface area contributed by atoms with Crippen molar-refractivity contribution < 1.29 is 9.90 Å². The van der Waals surface area contributed by atoms with Crippen LogP contribution in [-0.2, 0) is 17.8 Å². The first-order valence-electron chi connectivity index (χ1n) is 9.43. The van der Waals surface area contributed by atoms with Crippen LogP contribution >= 0.6 is 23.4 Å². The van der Waals surface area contributed by atoms with E-state index in [1.165, 1.54) is 0 Å². The number of phenolic OH excluding ortho intramolecular Hbond substituents is 1. The van der Waals surface area contributed by atoms with Crippen molar-refractivity contribution >= 4 is 46.2 Å². The molecule has 1 aromatic heterocycles. The van der Waals surface area contributed by atoms with Gasteiger partial charge in [0.2, 0.25) is 0 Å². The molecular formula is C24H19ClN2O2S. The molecule has 0 saturated carbocycles. The Kier molecular flexibility index (Phi) is 6.21. The van der Waals surface area contributed by atoms with Crippen molar-refractivity contribution in [1.82, 2.24) is 4.98 Å². The Hall–Kier alpha value is -3.02. The molecular weight excluding hydrogens is 416 g/mol. The minimum Gasteiger partial charge on any atom is -0.506 e. The smallest absolute Gasteiger partial charge is 0.137 e. The molecule has 2 N–H and O–H groups in total. The normalized spacial score (nSPS) is 10.8. The molecule has 0 bridgehead atoms. The van der Waals surface area contributed by atoms with Crippen LogP contribution in [0.4, 0.5) is 5.69 Å². The summed E-state index contributed by atoms with van der Waals surface area (Å²) in [5, 5.41) is 14.7. The van der Waals surface area contributed by atoms with E-state index in [1.54, 1.807) is 30.1 Å². The van der Waals surface area contributed by atoms with Gasteiger partial charge in [-0.05, 0) is 42.0 Å². The number of nitrogens with zero attached hydrogens (tertiary/aromatic N) is 1. The van der Waals surface area contributed by atoms with Crippen molar-refractivity contribution in [2.45, 2.75) is 22.8 Å². The second-order valence-corrected chi connectivity index (χ2v) is 8.28. The highest BCUT2D eigenvalue weighted by Gasteiger charge is 2.10. The summed E-state index contributed by atoms with van der Waals surface area (Å²) in [6.45, 7) is 0.580. The van der Waals surface area contributed by atoms with Gasteiger partial charge in [-0.15, -0.1) is 0 Å². The highest BCUT2D eigenvalue weighted by molar-refractivity contribution is 7.99. The Morgan fingerprint density at radius 3 is 2.77 bits per heavy atom. The number of benzene rings is 3. The number of hydrogen-bond acceptors (Lipinski definition) is 5. The van der Waals surface area contributed by atoms with Crippen LogP contribution in [0.2, 0.25) is 5.02 Å². The lowest BCUT2D eigenvalue weighted by Crippen LogP contribution is -2.02. The van der Waals surface area contributed by atoms with Gasteiger partial charge < -0.3 is 15.2 Å². The molecule has 0 amide bonds. The van der Waals surface area contributed by atoms with Gasteiger partial charge in [0.05, 0.1) is 10.5 Å². The summed E-state index contributed by atoms with van der Waals surface area (Å²) in [7, 11) is 0. The van der Waals surface area contributed by atoms with E-state index < -0.39 is 0 Å². The van der Waals surface area contributed by atoms with Gasteiger partial charge in [-0.3, -0.25) is 4.98 Å². The summed E-state index contributed by atoms with van der Waals surface area (Å²) < 4.78 is 0. The number of hydrogen-bond donors (Lipinski definition) is 2. The molecule has 150 valence electrons. The summed E-state index contributed by atoms with van der Waals surface area (Å²) in [6.07, 6.45) is 2.67.